The minimum atomic E-state index is -0.484. The highest BCUT2D eigenvalue weighted by atomic mass is 79.9. The molecule has 0 aliphatic heterocycles. The molecule has 1 aromatic heterocycles. The number of rotatable bonds is 2. The standard InChI is InChI=1S/C9H4BrClFN3OS/c10-5-3-4(1-2-6(5)12)13-9(16)7-8(11)17-15-14-7/h1-3H,(H,13,16). The third-order valence-corrected chi connectivity index (χ3v) is 3.35. The van der Waals surface area contributed by atoms with Gasteiger partial charge >= 0.3 is 0 Å². The average molecular weight is 337 g/mol. The number of aromatic nitrogens is 2. The largest absolute Gasteiger partial charge is 0.320 e. The van der Waals surface area contributed by atoms with Gasteiger partial charge in [-0.1, -0.05) is 16.1 Å². The molecule has 17 heavy (non-hydrogen) atoms. The lowest BCUT2D eigenvalue weighted by molar-refractivity contribution is 0.102. The Kier molecular flexibility index (Phi) is 3.70. The molecular weight excluding hydrogens is 333 g/mol. The van der Waals surface area contributed by atoms with Gasteiger partial charge in [0.25, 0.3) is 5.91 Å². The van der Waals surface area contributed by atoms with Crippen molar-refractivity contribution < 1.29 is 9.18 Å². The molecule has 1 aromatic carbocycles. The van der Waals surface area contributed by atoms with Crippen molar-refractivity contribution >= 4 is 50.7 Å². The second-order valence-electron chi connectivity index (χ2n) is 2.98. The highest BCUT2D eigenvalue weighted by molar-refractivity contribution is 9.10. The Bertz CT molecular complexity index is 577. The molecule has 0 bridgehead atoms. The Hall–Kier alpha value is -1.05. The summed E-state index contributed by atoms with van der Waals surface area (Å²) in [7, 11) is 0. The summed E-state index contributed by atoms with van der Waals surface area (Å²) in [5.74, 6) is -0.890. The first-order valence-electron chi connectivity index (χ1n) is 4.32. The Balaban J connectivity index is 2.19. The topological polar surface area (TPSA) is 54.9 Å². The summed E-state index contributed by atoms with van der Waals surface area (Å²) in [4.78, 5) is 11.7. The van der Waals surface area contributed by atoms with Crippen LogP contribution < -0.4 is 5.32 Å². The van der Waals surface area contributed by atoms with Crippen LogP contribution in [0.2, 0.25) is 4.34 Å². The molecule has 4 nitrogen and oxygen atoms in total. The van der Waals surface area contributed by atoms with Gasteiger partial charge in [-0.3, -0.25) is 4.79 Å². The molecule has 8 heteroatoms. The van der Waals surface area contributed by atoms with E-state index in [2.05, 4.69) is 30.8 Å². The van der Waals surface area contributed by atoms with Crippen LogP contribution in [0.1, 0.15) is 10.5 Å². The van der Waals surface area contributed by atoms with E-state index in [0.29, 0.717) is 5.69 Å². The average Bonchev–Trinajstić information content (AvgIpc) is 2.70. The van der Waals surface area contributed by atoms with E-state index in [9.17, 15) is 9.18 Å². The predicted molar refractivity (Wildman–Crippen MR) is 67.0 cm³/mol. The number of hydrogen-bond donors (Lipinski definition) is 1. The Labute approximate surface area is 113 Å². The smallest absolute Gasteiger partial charge is 0.278 e. The van der Waals surface area contributed by atoms with Crippen LogP contribution in [0.5, 0.6) is 0 Å². The number of carbonyl (C=O) groups is 1. The van der Waals surface area contributed by atoms with Crippen LogP contribution >= 0.6 is 39.1 Å². The highest BCUT2D eigenvalue weighted by Gasteiger charge is 2.15. The quantitative estimate of drug-likeness (QED) is 0.915. The third kappa shape index (κ3) is 2.80. The van der Waals surface area contributed by atoms with Gasteiger partial charge in [-0.15, -0.1) is 5.10 Å². The molecule has 88 valence electrons. The highest BCUT2D eigenvalue weighted by Crippen LogP contribution is 2.22. The van der Waals surface area contributed by atoms with Gasteiger partial charge in [0, 0.05) is 17.2 Å². The second-order valence-corrected chi connectivity index (χ2v) is 5.19. The molecule has 0 aliphatic carbocycles. The number of amides is 1. The fourth-order valence-corrected chi connectivity index (χ4v) is 2.09. The maximum Gasteiger partial charge on any atom is 0.278 e. The maximum absolute atomic E-state index is 13.0. The summed E-state index contributed by atoms with van der Waals surface area (Å²) >= 11 is 9.66. The van der Waals surface area contributed by atoms with Gasteiger partial charge in [0.15, 0.2) is 5.69 Å². The van der Waals surface area contributed by atoms with E-state index in [1.54, 1.807) is 0 Å². The van der Waals surface area contributed by atoms with Crippen molar-refractivity contribution in [2.75, 3.05) is 5.32 Å². The van der Waals surface area contributed by atoms with E-state index in [-0.39, 0.29) is 14.5 Å². The van der Waals surface area contributed by atoms with Gasteiger partial charge in [0.2, 0.25) is 0 Å². The van der Waals surface area contributed by atoms with Crippen molar-refractivity contribution in [3.63, 3.8) is 0 Å². The van der Waals surface area contributed by atoms with E-state index in [4.69, 9.17) is 11.6 Å². The fourth-order valence-electron chi connectivity index (χ4n) is 1.08. The molecule has 0 radical (unpaired) electrons. The van der Waals surface area contributed by atoms with E-state index < -0.39 is 11.7 Å². The molecular formula is C9H4BrClFN3OS. The molecule has 1 heterocycles. The second kappa shape index (κ2) is 5.07. The van der Waals surface area contributed by atoms with Crippen molar-refractivity contribution in [2.45, 2.75) is 0 Å². The Morgan fingerprint density at radius 3 is 2.88 bits per heavy atom. The molecule has 0 aliphatic rings. The molecule has 2 aromatic rings. The summed E-state index contributed by atoms with van der Waals surface area (Å²) in [6.45, 7) is 0. The first-order valence-corrected chi connectivity index (χ1v) is 6.26. The van der Waals surface area contributed by atoms with E-state index in [1.807, 2.05) is 0 Å². The monoisotopic (exact) mass is 335 g/mol. The van der Waals surface area contributed by atoms with E-state index in [0.717, 1.165) is 11.5 Å². The van der Waals surface area contributed by atoms with Gasteiger partial charge in [-0.05, 0) is 34.1 Å². The number of anilines is 1. The summed E-state index contributed by atoms with van der Waals surface area (Å²) < 4.78 is 17.0. The third-order valence-electron chi connectivity index (χ3n) is 1.84. The molecule has 0 saturated carbocycles. The van der Waals surface area contributed by atoms with Gasteiger partial charge in [-0.25, -0.2) is 4.39 Å². The number of halogens is 3. The fraction of sp³-hybridized carbons (Fsp3) is 0. The maximum atomic E-state index is 13.0. The Morgan fingerprint density at radius 1 is 1.53 bits per heavy atom. The first-order chi connectivity index (χ1) is 8.08. The number of nitrogens with zero attached hydrogens (tertiary/aromatic N) is 2. The van der Waals surface area contributed by atoms with Crippen LogP contribution in [-0.4, -0.2) is 15.5 Å². The summed E-state index contributed by atoms with van der Waals surface area (Å²) in [6.07, 6.45) is 0. The lowest BCUT2D eigenvalue weighted by atomic mass is 10.3. The molecule has 2 rings (SSSR count). The van der Waals surface area contributed by atoms with E-state index >= 15 is 0 Å². The van der Waals surface area contributed by atoms with Crippen LogP contribution in [0.3, 0.4) is 0 Å². The zero-order chi connectivity index (χ0) is 12.4. The van der Waals surface area contributed by atoms with Crippen LogP contribution in [0.4, 0.5) is 10.1 Å². The minimum absolute atomic E-state index is 0.0529. The number of carbonyl (C=O) groups excluding carboxylic acids is 1. The lowest BCUT2D eigenvalue weighted by Gasteiger charge is -2.04. The lowest BCUT2D eigenvalue weighted by Crippen LogP contribution is -2.12. The number of benzene rings is 1. The SMILES string of the molecule is O=C(Nc1ccc(F)c(Br)c1)c1nnsc1Cl. The first kappa shape index (κ1) is 12.4. The van der Waals surface area contributed by atoms with Crippen LogP contribution in [0.25, 0.3) is 0 Å². The van der Waals surface area contributed by atoms with Gasteiger partial charge in [0.1, 0.15) is 10.2 Å². The van der Waals surface area contributed by atoms with Crippen LogP contribution in [0.15, 0.2) is 22.7 Å². The summed E-state index contributed by atoms with van der Waals surface area (Å²) in [5, 5.41) is 6.13. The van der Waals surface area contributed by atoms with Crippen molar-refractivity contribution in [2.24, 2.45) is 0 Å². The van der Waals surface area contributed by atoms with Crippen LogP contribution in [0, 0.1) is 5.82 Å². The van der Waals surface area contributed by atoms with Crippen molar-refractivity contribution in [1.29, 1.82) is 0 Å². The molecule has 0 fully saturated rings. The molecule has 0 atom stereocenters. The zero-order valence-corrected chi connectivity index (χ0v) is 11.2. The van der Waals surface area contributed by atoms with Crippen LogP contribution in [-0.2, 0) is 0 Å². The molecule has 1 amide bonds. The van der Waals surface area contributed by atoms with Crippen molar-refractivity contribution in [3.05, 3.63) is 38.5 Å². The molecule has 1 N–H and O–H groups in total. The predicted octanol–water partition coefficient (Wildman–Crippen LogP) is 3.35. The van der Waals surface area contributed by atoms with Crippen molar-refractivity contribution in [3.8, 4) is 0 Å². The van der Waals surface area contributed by atoms with E-state index in [1.165, 1.54) is 18.2 Å². The number of hydrogen-bond acceptors (Lipinski definition) is 4. The minimum Gasteiger partial charge on any atom is -0.320 e. The van der Waals surface area contributed by atoms with Gasteiger partial charge in [0.05, 0.1) is 4.47 Å². The molecule has 0 saturated heterocycles. The Morgan fingerprint density at radius 2 is 2.29 bits per heavy atom. The molecule has 0 spiro atoms. The summed E-state index contributed by atoms with van der Waals surface area (Å²) in [6, 6.07) is 4.12. The normalized spacial score (nSPS) is 10.3. The zero-order valence-electron chi connectivity index (χ0n) is 8.08. The summed E-state index contributed by atoms with van der Waals surface area (Å²) in [5.41, 5.74) is 0.490. The van der Waals surface area contributed by atoms with Gasteiger partial charge in [-0.2, -0.15) is 0 Å². The van der Waals surface area contributed by atoms with Crippen molar-refractivity contribution in [1.82, 2.24) is 9.59 Å². The molecule has 0 unspecified atom stereocenters. The van der Waals surface area contributed by atoms with Gasteiger partial charge < -0.3 is 5.32 Å². The number of nitrogens with one attached hydrogen (secondary N) is 1.